The fourth-order valence-electron chi connectivity index (χ4n) is 2.57. The number of aromatic nitrogens is 4. The minimum atomic E-state index is 0.790. The molecular weight excluding hydrogens is 258 g/mol. The molecule has 0 aliphatic heterocycles. The summed E-state index contributed by atoms with van der Waals surface area (Å²) in [4.78, 5) is 5.71. The van der Waals surface area contributed by atoms with Gasteiger partial charge < -0.3 is 14.5 Å². The van der Waals surface area contributed by atoms with Gasteiger partial charge in [-0.15, -0.1) is 0 Å². The Labute approximate surface area is 119 Å². The summed E-state index contributed by atoms with van der Waals surface area (Å²) in [5.74, 6) is 0. The topological polar surface area (TPSA) is 41.8 Å². The van der Waals surface area contributed by atoms with Crippen molar-refractivity contribution in [3.8, 4) is 0 Å². The van der Waals surface area contributed by atoms with Crippen molar-refractivity contribution in [1.82, 2.24) is 24.2 Å². The molecule has 2 aromatic rings. The van der Waals surface area contributed by atoms with E-state index in [1.807, 2.05) is 18.7 Å². The summed E-state index contributed by atoms with van der Waals surface area (Å²) in [5, 5.41) is 4.44. The first-order valence-corrected chi connectivity index (χ1v) is 7.33. The molecule has 0 aliphatic carbocycles. The molecule has 2 aromatic heterocycles. The second-order valence-corrected chi connectivity index (χ2v) is 5.31. The summed E-state index contributed by atoms with van der Waals surface area (Å²) >= 11 is 5.43. The summed E-state index contributed by atoms with van der Waals surface area (Å²) in [6.45, 7) is 10.6. The molecule has 5 nitrogen and oxygen atoms in total. The van der Waals surface area contributed by atoms with Crippen LogP contribution in [0.25, 0.3) is 11.2 Å². The lowest BCUT2D eigenvalue weighted by atomic mass is 10.4. The van der Waals surface area contributed by atoms with Gasteiger partial charge in [0.1, 0.15) is 5.52 Å². The van der Waals surface area contributed by atoms with Crippen LogP contribution in [0.5, 0.6) is 0 Å². The number of aryl methyl sites for hydroxylation is 2. The molecule has 0 saturated heterocycles. The SMILES string of the molecule is CCCN(CC)CCn1c(=S)[nH]c2c(C)nn(C)c21. The van der Waals surface area contributed by atoms with Crippen molar-refractivity contribution in [2.45, 2.75) is 33.7 Å². The normalized spacial score (nSPS) is 11.8. The maximum absolute atomic E-state index is 5.43. The molecule has 6 heteroatoms. The second kappa shape index (κ2) is 5.88. The van der Waals surface area contributed by atoms with Crippen molar-refractivity contribution in [3.63, 3.8) is 0 Å². The Balaban J connectivity index is 2.25. The van der Waals surface area contributed by atoms with Crippen LogP contribution in [0.2, 0.25) is 0 Å². The molecule has 2 rings (SSSR count). The van der Waals surface area contributed by atoms with Gasteiger partial charge in [-0.05, 0) is 38.7 Å². The zero-order valence-electron chi connectivity index (χ0n) is 12.2. The van der Waals surface area contributed by atoms with E-state index >= 15 is 0 Å². The maximum Gasteiger partial charge on any atom is 0.179 e. The number of H-pyrrole nitrogens is 1. The highest BCUT2D eigenvalue weighted by Crippen LogP contribution is 2.16. The average molecular weight is 281 g/mol. The number of likely N-dealkylation sites (N-methyl/N-ethyl adjacent to an activating group) is 1. The molecule has 1 N–H and O–H groups in total. The van der Waals surface area contributed by atoms with Crippen LogP contribution >= 0.6 is 12.2 Å². The quantitative estimate of drug-likeness (QED) is 0.827. The number of hydrogen-bond donors (Lipinski definition) is 1. The van der Waals surface area contributed by atoms with E-state index < -0.39 is 0 Å². The van der Waals surface area contributed by atoms with Gasteiger partial charge in [0, 0.05) is 20.1 Å². The lowest BCUT2D eigenvalue weighted by molar-refractivity contribution is 0.277. The van der Waals surface area contributed by atoms with Crippen molar-refractivity contribution in [2.24, 2.45) is 7.05 Å². The number of rotatable bonds is 6. The molecule has 0 radical (unpaired) electrons. The predicted molar refractivity (Wildman–Crippen MR) is 81.0 cm³/mol. The summed E-state index contributed by atoms with van der Waals surface area (Å²) in [5.41, 5.74) is 3.16. The van der Waals surface area contributed by atoms with Gasteiger partial charge in [-0.3, -0.25) is 4.68 Å². The number of imidazole rings is 1. The average Bonchev–Trinajstić information content (AvgIpc) is 2.84. The number of aromatic amines is 1. The smallest absolute Gasteiger partial charge is 0.179 e. The fourth-order valence-corrected chi connectivity index (χ4v) is 2.85. The Morgan fingerprint density at radius 2 is 2.05 bits per heavy atom. The molecule has 0 atom stereocenters. The van der Waals surface area contributed by atoms with Gasteiger partial charge in [-0.2, -0.15) is 5.10 Å². The maximum atomic E-state index is 5.43. The third-order valence-corrected chi connectivity index (χ3v) is 3.87. The zero-order chi connectivity index (χ0) is 14.0. The van der Waals surface area contributed by atoms with E-state index in [2.05, 4.69) is 33.4 Å². The van der Waals surface area contributed by atoms with E-state index in [-0.39, 0.29) is 0 Å². The Bertz CT molecular complexity index is 606. The summed E-state index contributed by atoms with van der Waals surface area (Å²) < 4.78 is 4.86. The van der Waals surface area contributed by atoms with Crippen molar-refractivity contribution in [1.29, 1.82) is 0 Å². The summed E-state index contributed by atoms with van der Waals surface area (Å²) in [6, 6.07) is 0. The highest BCUT2D eigenvalue weighted by atomic mass is 32.1. The van der Waals surface area contributed by atoms with Crippen molar-refractivity contribution < 1.29 is 0 Å². The van der Waals surface area contributed by atoms with Crippen molar-refractivity contribution in [2.75, 3.05) is 19.6 Å². The first kappa shape index (κ1) is 14.3. The highest BCUT2D eigenvalue weighted by molar-refractivity contribution is 7.71. The van der Waals surface area contributed by atoms with Crippen LogP contribution < -0.4 is 0 Å². The molecule has 0 unspecified atom stereocenters. The van der Waals surface area contributed by atoms with Crippen LogP contribution in [-0.4, -0.2) is 43.9 Å². The van der Waals surface area contributed by atoms with E-state index in [0.717, 1.165) is 47.8 Å². The Morgan fingerprint density at radius 3 is 2.68 bits per heavy atom. The summed E-state index contributed by atoms with van der Waals surface area (Å²) in [7, 11) is 1.97. The number of nitrogens with one attached hydrogen (secondary N) is 1. The largest absolute Gasteiger partial charge is 0.328 e. The van der Waals surface area contributed by atoms with E-state index in [0.29, 0.717) is 0 Å². The van der Waals surface area contributed by atoms with Crippen LogP contribution in [0.4, 0.5) is 0 Å². The minimum absolute atomic E-state index is 0.790. The predicted octanol–water partition coefficient (Wildman–Crippen LogP) is 2.47. The lowest BCUT2D eigenvalue weighted by Crippen LogP contribution is -2.28. The van der Waals surface area contributed by atoms with Gasteiger partial charge in [0.2, 0.25) is 0 Å². The van der Waals surface area contributed by atoms with Crippen LogP contribution in [-0.2, 0) is 13.6 Å². The second-order valence-electron chi connectivity index (χ2n) is 4.92. The molecule has 0 saturated carbocycles. The van der Waals surface area contributed by atoms with Crippen LogP contribution in [0, 0.1) is 11.7 Å². The molecule has 2 heterocycles. The van der Waals surface area contributed by atoms with Gasteiger partial charge in [-0.25, -0.2) is 0 Å². The van der Waals surface area contributed by atoms with Crippen LogP contribution in [0.15, 0.2) is 0 Å². The van der Waals surface area contributed by atoms with Gasteiger partial charge in [0.15, 0.2) is 10.4 Å². The van der Waals surface area contributed by atoms with Crippen molar-refractivity contribution >= 4 is 23.4 Å². The fraction of sp³-hybridized carbons (Fsp3) is 0.692. The van der Waals surface area contributed by atoms with E-state index in [4.69, 9.17) is 12.2 Å². The Kier molecular flexibility index (Phi) is 4.42. The van der Waals surface area contributed by atoms with E-state index in [1.165, 1.54) is 6.42 Å². The van der Waals surface area contributed by atoms with Gasteiger partial charge in [0.25, 0.3) is 0 Å². The molecule has 0 aliphatic rings. The minimum Gasteiger partial charge on any atom is -0.328 e. The molecule has 106 valence electrons. The molecule has 0 spiro atoms. The third-order valence-electron chi connectivity index (χ3n) is 3.55. The standard InChI is InChI=1S/C13H23N5S/c1-5-7-17(6-2)8-9-18-12-11(14-13(18)19)10(3)15-16(12)4/h5-9H2,1-4H3,(H,14,19). The molecule has 0 bridgehead atoms. The molecule has 0 amide bonds. The molecule has 19 heavy (non-hydrogen) atoms. The lowest BCUT2D eigenvalue weighted by Gasteiger charge is -2.19. The molecule has 0 aromatic carbocycles. The van der Waals surface area contributed by atoms with Gasteiger partial charge >= 0.3 is 0 Å². The first-order chi connectivity index (χ1) is 9.08. The van der Waals surface area contributed by atoms with Crippen molar-refractivity contribution in [3.05, 3.63) is 10.5 Å². The monoisotopic (exact) mass is 281 g/mol. The molecule has 0 fully saturated rings. The van der Waals surface area contributed by atoms with E-state index in [9.17, 15) is 0 Å². The first-order valence-electron chi connectivity index (χ1n) is 6.92. The Hall–Kier alpha value is -1.14. The van der Waals surface area contributed by atoms with Gasteiger partial charge in [0.05, 0.1) is 5.69 Å². The molecular formula is C13H23N5S. The van der Waals surface area contributed by atoms with Crippen LogP contribution in [0.1, 0.15) is 26.0 Å². The number of hydrogen-bond acceptors (Lipinski definition) is 3. The summed E-state index contributed by atoms with van der Waals surface area (Å²) in [6.07, 6.45) is 1.19. The third kappa shape index (κ3) is 2.74. The highest BCUT2D eigenvalue weighted by Gasteiger charge is 2.13. The number of nitrogens with zero attached hydrogens (tertiary/aromatic N) is 4. The zero-order valence-corrected chi connectivity index (χ0v) is 13.0. The van der Waals surface area contributed by atoms with Crippen LogP contribution in [0.3, 0.4) is 0 Å². The van der Waals surface area contributed by atoms with E-state index in [1.54, 1.807) is 0 Å². The van der Waals surface area contributed by atoms with Gasteiger partial charge in [-0.1, -0.05) is 13.8 Å². The number of fused-ring (bicyclic) bond motifs is 1. The Morgan fingerprint density at radius 1 is 1.32 bits per heavy atom.